The second-order valence-electron chi connectivity index (χ2n) is 7.76. The summed E-state index contributed by atoms with van der Waals surface area (Å²) in [7, 11) is -0.136. The van der Waals surface area contributed by atoms with Gasteiger partial charge < -0.3 is 0 Å². The average Bonchev–Trinajstić information content (AvgIpc) is 2.92. The molecule has 2 aromatic rings. The maximum Gasteiger partial charge on any atom is 0.281 e. The van der Waals surface area contributed by atoms with Crippen LogP contribution >= 0.6 is 0 Å². The van der Waals surface area contributed by atoms with E-state index in [2.05, 4.69) is 16.2 Å². The van der Waals surface area contributed by atoms with Crippen LogP contribution in [-0.2, 0) is 16.8 Å². The highest BCUT2D eigenvalue weighted by Crippen LogP contribution is 2.30. The van der Waals surface area contributed by atoms with Crippen molar-refractivity contribution in [1.29, 1.82) is 0 Å². The van der Waals surface area contributed by atoms with Crippen molar-refractivity contribution in [2.75, 3.05) is 33.7 Å². The Hall–Kier alpha value is -1.74. The lowest BCUT2D eigenvalue weighted by Crippen LogP contribution is -2.45. The highest BCUT2D eigenvalue weighted by Gasteiger charge is 2.39. The summed E-state index contributed by atoms with van der Waals surface area (Å²) in [5, 5.41) is 4.49. The van der Waals surface area contributed by atoms with Crippen LogP contribution in [0.1, 0.15) is 18.4 Å². The summed E-state index contributed by atoms with van der Waals surface area (Å²) in [5.74, 6) is 0.391. The number of rotatable bonds is 5. The van der Waals surface area contributed by atoms with E-state index < -0.39 is 10.2 Å². The molecule has 3 saturated heterocycles. The SMILES string of the molecule is CN(C)S(=O)(=O)N1CC2CCC(C1)N(Cc1cnn(-c3ccccc3)c1)C2. The molecule has 0 saturated carbocycles. The third-order valence-electron chi connectivity index (χ3n) is 5.62. The van der Waals surface area contributed by atoms with Crippen LogP contribution in [0.5, 0.6) is 0 Å². The molecule has 0 aliphatic carbocycles. The second kappa shape index (κ2) is 7.35. The van der Waals surface area contributed by atoms with E-state index in [0.717, 1.165) is 37.2 Å². The van der Waals surface area contributed by atoms with Gasteiger partial charge in [0.05, 0.1) is 11.9 Å². The van der Waals surface area contributed by atoms with Crippen LogP contribution in [0, 0.1) is 5.92 Å². The van der Waals surface area contributed by atoms with Gasteiger partial charge in [0.1, 0.15) is 0 Å². The summed E-state index contributed by atoms with van der Waals surface area (Å²) in [6, 6.07) is 10.3. The van der Waals surface area contributed by atoms with Gasteiger partial charge in [-0.15, -0.1) is 0 Å². The van der Waals surface area contributed by atoms with E-state index in [4.69, 9.17) is 0 Å². The minimum atomic E-state index is -3.35. The van der Waals surface area contributed by atoms with E-state index >= 15 is 0 Å². The minimum Gasteiger partial charge on any atom is -0.294 e. The lowest BCUT2D eigenvalue weighted by atomic mass is 9.95. The van der Waals surface area contributed by atoms with E-state index in [0.29, 0.717) is 19.0 Å². The van der Waals surface area contributed by atoms with Gasteiger partial charge in [0.25, 0.3) is 10.2 Å². The molecule has 146 valence electrons. The van der Waals surface area contributed by atoms with Gasteiger partial charge in [-0.1, -0.05) is 18.2 Å². The Labute approximate surface area is 161 Å². The molecule has 0 radical (unpaired) electrons. The van der Waals surface area contributed by atoms with Crippen LogP contribution in [0.4, 0.5) is 0 Å². The van der Waals surface area contributed by atoms with Crippen LogP contribution in [0.2, 0.25) is 0 Å². The number of nitrogens with zero attached hydrogens (tertiary/aromatic N) is 5. The number of hydrogen-bond donors (Lipinski definition) is 0. The Balaban J connectivity index is 1.49. The number of para-hydroxylation sites is 1. The number of aromatic nitrogens is 2. The smallest absolute Gasteiger partial charge is 0.281 e. The maximum atomic E-state index is 12.6. The number of benzene rings is 1. The van der Waals surface area contributed by atoms with Crippen molar-refractivity contribution in [3.8, 4) is 5.69 Å². The molecular formula is C19H27N5O2S. The van der Waals surface area contributed by atoms with Gasteiger partial charge in [-0.05, 0) is 30.9 Å². The Bertz CT molecular complexity index is 881. The van der Waals surface area contributed by atoms with Crippen molar-refractivity contribution < 1.29 is 8.42 Å². The molecule has 2 bridgehead atoms. The molecule has 4 heterocycles. The van der Waals surface area contributed by atoms with Crippen LogP contribution in [0.15, 0.2) is 42.7 Å². The van der Waals surface area contributed by atoms with Gasteiger partial charge in [0.15, 0.2) is 0 Å². The Morgan fingerprint density at radius 2 is 1.89 bits per heavy atom. The predicted octanol–water partition coefficient (Wildman–Crippen LogP) is 1.57. The third kappa shape index (κ3) is 3.80. The van der Waals surface area contributed by atoms with E-state index in [1.54, 1.807) is 18.4 Å². The Morgan fingerprint density at radius 3 is 2.63 bits per heavy atom. The summed E-state index contributed by atoms with van der Waals surface area (Å²) in [4.78, 5) is 2.44. The fourth-order valence-corrected chi connectivity index (χ4v) is 5.37. The summed E-state index contributed by atoms with van der Waals surface area (Å²) in [5.41, 5.74) is 2.21. The van der Waals surface area contributed by atoms with Crippen molar-refractivity contribution in [3.05, 3.63) is 48.3 Å². The zero-order chi connectivity index (χ0) is 19.0. The minimum absolute atomic E-state index is 0.263. The van der Waals surface area contributed by atoms with Crippen molar-refractivity contribution in [1.82, 2.24) is 23.3 Å². The standard InChI is InChI=1S/C19H27N5O2S/c1-21(2)27(25,26)23-13-16-8-9-19(15-23)22(11-16)12-17-10-20-24(14-17)18-6-4-3-5-7-18/h3-7,10,14,16,19H,8-9,11-13,15H2,1-2H3. The molecule has 3 aliphatic rings. The van der Waals surface area contributed by atoms with Gasteiger partial charge in [-0.3, -0.25) is 4.90 Å². The average molecular weight is 390 g/mol. The largest absolute Gasteiger partial charge is 0.294 e. The molecule has 2 unspecified atom stereocenters. The van der Waals surface area contributed by atoms with Gasteiger partial charge in [0, 0.05) is 58.1 Å². The molecule has 1 aromatic heterocycles. The molecule has 3 fully saturated rings. The Kier molecular flexibility index (Phi) is 5.07. The molecule has 8 heteroatoms. The molecule has 5 rings (SSSR count). The van der Waals surface area contributed by atoms with Crippen LogP contribution in [0.3, 0.4) is 0 Å². The number of hydrogen-bond acceptors (Lipinski definition) is 4. The highest BCUT2D eigenvalue weighted by molar-refractivity contribution is 7.86. The van der Waals surface area contributed by atoms with Crippen molar-refractivity contribution >= 4 is 10.2 Å². The Morgan fingerprint density at radius 1 is 1.11 bits per heavy atom. The first-order valence-corrected chi connectivity index (χ1v) is 10.8. The first-order valence-electron chi connectivity index (χ1n) is 9.44. The fourth-order valence-electron chi connectivity index (χ4n) is 4.15. The summed E-state index contributed by atoms with van der Waals surface area (Å²) >= 11 is 0. The normalized spacial score (nSPS) is 24.4. The molecule has 3 aliphatic heterocycles. The van der Waals surface area contributed by atoms with E-state index in [1.807, 2.05) is 41.2 Å². The van der Waals surface area contributed by atoms with Crippen LogP contribution in [0.25, 0.3) is 5.69 Å². The van der Waals surface area contributed by atoms with E-state index in [-0.39, 0.29) is 6.04 Å². The van der Waals surface area contributed by atoms with E-state index in [9.17, 15) is 8.42 Å². The fraction of sp³-hybridized carbons (Fsp3) is 0.526. The monoisotopic (exact) mass is 389 g/mol. The highest BCUT2D eigenvalue weighted by atomic mass is 32.2. The lowest BCUT2D eigenvalue weighted by molar-refractivity contribution is 0.125. The molecule has 27 heavy (non-hydrogen) atoms. The third-order valence-corrected chi connectivity index (χ3v) is 7.50. The predicted molar refractivity (Wildman–Crippen MR) is 105 cm³/mol. The zero-order valence-electron chi connectivity index (χ0n) is 15.9. The van der Waals surface area contributed by atoms with E-state index in [1.165, 1.54) is 4.31 Å². The van der Waals surface area contributed by atoms with Gasteiger partial charge in [0.2, 0.25) is 0 Å². The van der Waals surface area contributed by atoms with Gasteiger partial charge in [-0.2, -0.15) is 22.1 Å². The molecule has 0 N–H and O–H groups in total. The lowest BCUT2D eigenvalue weighted by Gasteiger charge is -2.35. The molecular weight excluding hydrogens is 362 g/mol. The number of piperidine rings is 1. The van der Waals surface area contributed by atoms with Crippen LogP contribution < -0.4 is 0 Å². The molecule has 2 atom stereocenters. The molecule has 7 nitrogen and oxygen atoms in total. The maximum absolute atomic E-state index is 12.6. The molecule has 0 amide bonds. The van der Waals surface area contributed by atoms with Gasteiger partial charge >= 0.3 is 0 Å². The second-order valence-corrected chi connectivity index (χ2v) is 9.90. The first kappa shape index (κ1) is 18.6. The summed E-state index contributed by atoms with van der Waals surface area (Å²) in [6.07, 6.45) is 6.14. The summed E-state index contributed by atoms with van der Waals surface area (Å²) in [6.45, 7) is 2.95. The van der Waals surface area contributed by atoms with Crippen LogP contribution in [-0.4, -0.2) is 71.5 Å². The summed E-state index contributed by atoms with van der Waals surface area (Å²) < 4.78 is 30.1. The topological polar surface area (TPSA) is 61.7 Å². The molecule has 1 aromatic carbocycles. The first-order chi connectivity index (χ1) is 12.9. The van der Waals surface area contributed by atoms with Crippen molar-refractivity contribution in [2.45, 2.75) is 25.4 Å². The van der Waals surface area contributed by atoms with Crippen molar-refractivity contribution in [2.24, 2.45) is 5.92 Å². The van der Waals surface area contributed by atoms with Gasteiger partial charge in [-0.25, -0.2) is 4.68 Å². The molecule has 0 spiro atoms. The zero-order valence-corrected chi connectivity index (χ0v) is 16.7. The number of fused-ring (bicyclic) bond motifs is 4. The van der Waals surface area contributed by atoms with Crippen molar-refractivity contribution in [3.63, 3.8) is 0 Å². The quantitative estimate of drug-likeness (QED) is 0.779.